The van der Waals surface area contributed by atoms with Crippen molar-refractivity contribution in [3.8, 4) is 91.3 Å². The van der Waals surface area contributed by atoms with Crippen LogP contribution in [0.5, 0.6) is 23.0 Å². The Labute approximate surface area is 426 Å². The van der Waals surface area contributed by atoms with Crippen LogP contribution in [0.15, 0.2) is 243 Å². The van der Waals surface area contributed by atoms with Gasteiger partial charge in [0.25, 0.3) is 0 Å². The molecule has 2 aliphatic rings. The van der Waals surface area contributed by atoms with Crippen molar-refractivity contribution in [1.82, 2.24) is 29.9 Å². The van der Waals surface area contributed by atoms with Crippen LogP contribution in [0.4, 0.5) is 34.1 Å². The van der Waals surface area contributed by atoms with Crippen molar-refractivity contribution in [2.24, 2.45) is 0 Å². The number of hydrogen-bond acceptors (Lipinski definition) is 10. The van der Waals surface area contributed by atoms with Crippen LogP contribution in [-0.4, -0.2) is 29.9 Å². The molecule has 0 spiro atoms. The molecule has 0 saturated heterocycles. The summed E-state index contributed by atoms with van der Waals surface area (Å²) >= 11 is 0. The second-order valence-electron chi connectivity index (χ2n) is 17.9. The lowest BCUT2D eigenvalue weighted by Gasteiger charge is -2.36. The summed E-state index contributed by atoms with van der Waals surface area (Å²) in [6.07, 6.45) is 0. The summed E-state index contributed by atoms with van der Waals surface area (Å²) in [5.74, 6) is 6.11. The van der Waals surface area contributed by atoms with Crippen LogP contribution >= 0.6 is 0 Å². The summed E-state index contributed by atoms with van der Waals surface area (Å²) in [5.41, 5.74) is 10.2. The van der Waals surface area contributed by atoms with Crippen LogP contribution in [0, 0.1) is 0 Å². The molecule has 4 heterocycles. The summed E-state index contributed by atoms with van der Waals surface area (Å²) in [4.78, 5) is 36.0. The second-order valence-corrected chi connectivity index (χ2v) is 17.9. The number of para-hydroxylation sites is 8. The zero-order chi connectivity index (χ0) is 49.0. The molecular weight excluding hydrogens is 913 g/mol. The minimum absolute atomic E-state index is 0.506. The van der Waals surface area contributed by atoms with E-state index in [2.05, 4.69) is 58.3 Å². The van der Waals surface area contributed by atoms with Crippen molar-refractivity contribution in [3.63, 3.8) is 0 Å². The summed E-state index contributed by atoms with van der Waals surface area (Å²) in [5, 5.41) is 1.80. The smallest absolute Gasteiger partial charge is 0.164 e. The van der Waals surface area contributed by atoms with Gasteiger partial charge in [0.05, 0.1) is 34.1 Å². The molecule has 0 radical (unpaired) electrons. The summed E-state index contributed by atoms with van der Waals surface area (Å²) in [7, 11) is 0. The van der Waals surface area contributed by atoms with E-state index in [-0.39, 0.29) is 0 Å². The number of ether oxygens (including phenoxy) is 2. The molecule has 0 saturated carbocycles. The van der Waals surface area contributed by atoms with Crippen molar-refractivity contribution in [1.29, 1.82) is 0 Å². The zero-order valence-electron chi connectivity index (χ0n) is 39.5. The summed E-state index contributed by atoms with van der Waals surface area (Å²) in [6, 6.07) is 81.6. The van der Waals surface area contributed by atoms with Gasteiger partial charge in [0, 0.05) is 44.2 Å². The van der Waals surface area contributed by atoms with Gasteiger partial charge in [-0.25, -0.2) is 29.9 Å². The molecule has 2 aromatic heterocycles. The molecule has 0 aliphatic carbocycles. The van der Waals surface area contributed by atoms with Gasteiger partial charge < -0.3 is 19.3 Å². The molecule has 0 amide bonds. The standard InChI is InChI=1S/C64H40N8O2/c1-5-21-41(22-6-1)59-65-60(42-23-7-2-8-24-42)68-63(67-59)45-37-47-48(53(39-45)71-49-29-13-17-33-55(49)73-56-34-18-14-30-50(56)71)38-46(40-54(47)72-51-31-15-19-35-57(51)74-58-36-20-16-32-52(58)72)64-69-61(43-25-9-3-10-26-43)66-62(70-64)44-27-11-4-12-28-44/h1-40H. The number of rotatable bonds is 8. The normalized spacial score (nSPS) is 12.2. The molecule has 14 rings (SSSR count). The van der Waals surface area contributed by atoms with Gasteiger partial charge in [-0.3, -0.25) is 0 Å². The fraction of sp³-hybridized carbons (Fsp3) is 0. The predicted octanol–water partition coefficient (Wildman–Crippen LogP) is 16.4. The van der Waals surface area contributed by atoms with Gasteiger partial charge >= 0.3 is 0 Å². The molecule has 2 aliphatic heterocycles. The van der Waals surface area contributed by atoms with E-state index in [1.54, 1.807) is 0 Å². The molecule has 0 atom stereocenters. The van der Waals surface area contributed by atoms with E-state index < -0.39 is 0 Å². The first-order valence-corrected chi connectivity index (χ1v) is 24.4. The monoisotopic (exact) mass is 952 g/mol. The van der Waals surface area contributed by atoms with Gasteiger partial charge in [-0.05, 0) is 72.8 Å². The first-order valence-electron chi connectivity index (χ1n) is 24.4. The van der Waals surface area contributed by atoms with Crippen LogP contribution in [0.25, 0.3) is 79.1 Å². The number of nitrogens with zero attached hydrogens (tertiary/aromatic N) is 8. The van der Waals surface area contributed by atoms with Crippen LogP contribution in [0.2, 0.25) is 0 Å². The van der Waals surface area contributed by atoms with E-state index in [1.807, 2.05) is 194 Å². The van der Waals surface area contributed by atoms with E-state index in [1.165, 1.54) is 0 Å². The number of hydrogen-bond donors (Lipinski definition) is 0. The molecule has 10 nitrogen and oxygen atoms in total. The molecule has 0 bridgehead atoms. The molecule has 10 heteroatoms. The Kier molecular flexibility index (Phi) is 10.2. The van der Waals surface area contributed by atoms with E-state index in [9.17, 15) is 0 Å². The average molecular weight is 953 g/mol. The van der Waals surface area contributed by atoms with Crippen LogP contribution in [-0.2, 0) is 0 Å². The van der Waals surface area contributed by atoms with E-state index in [0.29, 0.717) is 57.9 Å². The Morgan fingerprint density at radius 1 is 0.216 bits per heavy atom. The average Bonchev–Trinajstić information content (AvgIpc) is 3.48. The van der Waals surface area contributed by atoms with Gasteiger partial charge in [-0.1, -0.05) is 170 Å². The first kappa shape index (κ1) is 42.5. The number of aromatic nitrogens is 6. The maximum Gasteiger partial charge on any atom is 0.164 e. The Bertz CT molecular complexity index is 3630. The van der Waals surface area contributed by atoms with Crippen molar-refractivity contribution < 1.29 is 9.47 Å². The van der Waals surface area contributed by atoms with Crippen molar-refractivity contribution >= 4 is 44.9 Å². The van der Waals surface area contributed by atoms with Crippen molar-refractivity contribution in [3.05, 3.63) is 243 Å². The third-order valence-electron chi connectivity index (χ3n) is 13.3. The first-order chi connectivity index (χ1) is 36.7. The lowest BCUT2D eigenvalue weighted by molar-refractivity contribution is 0.477. The molecular formula is C64H40N8O2. The number of anilines is 6. The number of fused-ring (bicyclic) bond motifs is 5. The predicted molar refractivity (Wildman–Crippen MR) is 293 cm³/mol. The largest absolute Gasteiger partial charge is 0.453 e. The minimum atomic E-state index is 0.506. The topological polar surface area (TPSA) is 102 Å². The molecule has 0 N–H and O–H groups in total. The lowest BCUT2D eigenvalue weighted by atomic mass is 9.96. The molecule has 0 unspecified atom stereocenters. The fourth-order valence-corrected chi connectivity index (χ4v) is 9.86. The maximum absolute atomic E-state index is 6.66. The van der Waals surface area contributed by atoms with Gasteiger partial charge in [0.15, 0.2) is 57.9 Å². The second kappa shape index (κ2) is 17.8. The van der Waals surface area contributed by atoms with Gasteiger partial charge in [-0.15, -0.1) is 0 Å². The van der Waals surface area contributed by atoms with Crippen LogP contribution < -0.4 is 19.3 Å². The van der Waals surface area contributed by atoms with Crippen molar-refractivity contribution in [2.75, 3.05) is 9.80 Å². The van der Waals surface area contributed by atoms with Crippen LogP contribution in [0.1, 0.15) is 0 Å². The Hall–Kier alpha value is -10.3. The molecule has 0 fully saturated rings. The highest BCUT2D eigenvalue weighted by Crippen LogP contribution is 2.56. The lowest BCUT2D eigenvalue weighted by Crippen LogP contribution is -2.18. The molecule has 10 aromatic carbocycles. The van der Waals surface area contributed by atoms with Gasteiger partial charge in [-0.2, -0.15) is 0 Å². The zero-order valence-corrected chi connectivity index (χ0v) is 39.5. The van der Waals surface area contributed by atoms with Crippen molar-refractivity contribution in [2.45, 2.75) is 0 Å². The third-order valence-corrected chi connectivity index (χ3v) is 13.3. The summed E-state index contributed by atoms with van der Waals surface area (Å²) < 4.78 is 13.3. The Balaban J connectivity index is 1.13. The fourth-order valence-electron chi connectivity index (χ4n) is 9.86. The maximum atomic E-state index is 6.66. The highest BCUT2D eigenvalue weighted by molar-refractivity contribution is 6.12. The highest BCUT2D eigenvalue weighted by Gasteiger charge is 2.32. The molecule has 12 aromatic rings. The molecule has 348 valence electrons. The highest BCUT2D eigenvalue weighted by atomic mass is 16.5. The third kappa shape index (κ3) is 7.53. The summed E-state index contributed by atoms with van der Waals surface area (Å²) in [6.45, 7) is 0. The number of benzene rings is 10. The van der Waals surface area contributed by atoms with Gasteiger partial charge in [0.1, 0.15) is 0 Å². The minimum Gasteiger partial charge on any atom is -0.453 e. The Morgan fingerprint density at radius 3 is 0.716 bits per heavy atom. The van der Waals surface area contributed by atoms with E-state index >= 15 is 0 Å². The molecule has 74 heavy (non-hydrogen) atoms. The van der Waals surface area contributed by atoms with E-state index in [0.717, 1.165) is 78.3 Å². The quantitative estimate of drug-likeness (QED) is 0.146. The van der Waals surface area contributed by atoms with Gasteiger partial charge in [0.2, 0.25) is 0 Å². The Morgan fingerprint density at radius 2 is 0.446 bits per heavy atom. The van der Waals surface area contributed by atoms with E-state index in [4.69, 9.17) is 39.4 Å². The van der Waals surface area contributed by atoms with Crippen LogP contribution in [0.3, 0.4) is 0 Å². The SMILES string of the molecule is c1ccc(-c2nc(-c3ccccc3)nc(-c3cc(N4c5ccccc5Oc5ccccc54)c4cc(-c5nc(-c6ccccc6)nc(-c6ccccc6)n5)cc(N5c6ccccc6Oc6ccccc65)c4c3)n2)cc1.